The second-order valence-corrected chi connectivity index (χ2v) is 2.90. The molecule has 0 aliphatic rings. The van der Waals surface area contributed by atoms with Crippen LogP contribution in [-0.4, -0.2) is 18.2 Å². The van der Waals surface area contributed by atoms with Crippen LogP contribution in [-0.2, 0) is 4.79 Å². The summed E-state index contributed by atoms with van der Waals surface area (Å²) in [6.45, 7) is 0. The second-order valence-electron chi connectivity index (χ2n) is 2.90. The molecule has 0 N–H and O–H groups in total. The molecule has 1 aromatic heterocycles. The van der Waals surface area contributed by atoms with Crippen molar-refractivity contribution in [2.24, 2.45) is 4.99 Å². The molecular formula is C11H8N2O2. The zero-order valence-corrected chi connectivity index (χ0v) is 8.10. The molecule has 1 aromatic carbocycles. The van der Waals surface area contributed by atoms with Crippen LogP contribution in [0.2, 0.25) is 0 Å². The zero-order valence-electron chi connectivity index (χ0n) is 8.10. The number of aliphatic imine (C=N–C) groups is 1. The number of para-hydroxylation sites is 1. The average molecular weight is 200 g/mol. The van der Waals surface area contributed by atoms with Crippen molar-refractivity contribution < 1.29 is 9.53 Å². The first-order valence-electron chi connectivity index (χ1n) is 4.37. The van der Waals surface area contributed by atoms with Gasteiger partial charge in [0, 0.05) is 11.5 Å². The first kappa shape index (κ1) is 9.37. The normalized spacial score (nSPS) is 9.67. The fourth-order valence-electron chi connectivity index (χ4n) is 1.38. The summed E-state index contributed by atoms with van der Waals surface area (Å²) in [5.74, 6) is 0.433. The van der Waals surface area contributed by atoms with Gasteiger partial charge in [-0.2, -0.15) is 4.99 Å². The first-order valence-corrected chi connectivity index (χ1v) is 4.37. The van der Waals surface area contributed by atoms with Gasteiger partial charge < -0.3 is 4.74 Å². The van der Waals surface area contributed by atoms with Gasteiger partial charge in [-0.05, 0) is 6.07 Å². The van der Waals surface area contributed by atoms with Gasteiger partial charge in [-0.25, -0.2) is 9.78 Å². The molecule has 74 valence electrons. The summed E-state index contributed by atoms with van der Waals surface area (Å²) in [6.07, 6.45) is 1.52. The van der Waals surface area contributed by atoms with Crippen LogP contribution in [0.3, 0.4) is 0 Å². The Labute approximate surface area is 86.2 Å². The minimum atomic E-state index is 0.433. The monoisotopic (exact) mass is 200 g/mol. The minimum absolute atomic E-state index is 0.433. The third-order valence-electron chi connectivity index (χ3n) is 2.05. The van der Waals surface area contributed by atoms with E-state index in [9.17, 15) is 4.79 Å². The van der Waals surface area contributed by atoms with Crippen LogP contribution in [0.1, 0.15) is 0 Å². The highest BCUT2D eigenvalue weighted by Gasteiger charge is 2.04. The van der Waals surface area contributed by atoms with E-state index in [1.807, 2.05) is 24.3 Å². The zero-order chi connectivity index (χ0) is 10.7. The number of rotatable bonds is 2. The highest BCUT2D eigenvalue weighted by atomic mass is 16.5. The van der Waals surface area contributed by atoms with Gasteiger partial charge in [-0.1, -0.05) is 18.2 Å². The highest BCUT2D eigenvalue weighted by molar-refractivity contribution is 5.91. The SMILES string of the molecule is COc1cc(N=C=O)c2ccccc2n1. The number of aromatic nitrogens is 1. The lowest BCUT2D eigenvalue weighted by Crippen LogP contribution is -1.88. The van der Waals surface area contributed by atoms with Gasteiger partial charge in [0.05, 0.1) is 18.3 Å². The Balaban J connectivity index is 2.79. The molecule has 0 aliphatic carbocycles. The van der Waals surface area contributed by atoms with Gasteiger partial charge in [0.2, 0.25) is 12.0 Å². The van der Waals surface area contributed by atoms with E-state index in [2.05, 4.69) is 9.98 Å². The molecule has 0 radical (unpaired) electrons. The molecule has 0 amide bonds. The van der Waals surface area contributed by atoms with E-state index in [1.54, 1.807) is 6.07 Å². The van der Waals surface area contributed by atoms with Crippen molar-refractivity contribution in [1.29, 1.82) is 0 Å². The molecule has 0 bridgehead atoms. The smallest absolute Gasteiger partial charge is 0.240 e. The fraction of sp³-hybridized carbons (Fsp3) is 0.0909. The van der Waals surface area contributed by atoms with Crippen LogP contribution >= 0.6 is 0 Å². The fourth-order valence-corrected chi connectivity index (χ4v) is 1.38. The topological polar surface area (TPSA) is 51.5 Å². The molecule has 15 heavy (non-hydrogen) atoms. The van der Waals surface area contributed by atoms with E-state index < -0.39 is 0 Å². The number of fused-ring (bicyclic) bond motifs is 1. The van der Waals surface area contributed by atoms with E-state index in [0.717, 1.165) is 10.9 Å². The molecule has 2 rings (SSSR count). The third-order valence-corrected chi connectivity index (χ3v) is 2.05. The van der Waals surface area contributed by atoms with Crippen LogP contribution < -0.4 is 4.74 Å². The summed E-state index contributed by atoms with van der Waals surface area (Å²) in [5, 5.41) is 0.807. The van der Waals surface area contributed by atoms with Crippen LogP contribution in [0, 0.1) is 0 Å². The van der Waals surface area contributed by atoms with E-state index in [-0.39, 0.29) is 0 Å². The maximum atomic E-state index is 10.3. The molecule has 0 atom stereocenters. The lowest BCUT2D eigenvalue weighted by atomic mass is 10.2. The quantitative estimate of drug-likeness (QED) is 0.551. The molecule has 0 saturated heterocycles. The van der Waals surface area contributed by atoms with E-state index in [4.69, 9.17) is 4.74 Å². The standard InChI is InChI=1S/C11H8N2O2/c1-15-11-6-10(12-7-14)8-4-2-3-5-9(8)13-11/h2-6H,1H3. The summed E-state index contributed by atoms with van der Waals surface area (Å²) >= 11 is 0. The van der Waals surface area contributed by atoms with E-state index in [1.165, 1.54) is 13.2 Å². The van der Waals surface area contributed by atoms with E-state index >= 15 is 0 Å². The summed E-state index contributed by atoms with van der Waals surface area (Å²) in [6, 6.07) is 9.01. The van der Waals surface area contributed by atoms with E-state index in [0.29, 0.717) is 11.6 Å². The average Bonchev–Trinajstić information content (AvgIpc) is 2.29. The number of hydrogen-bond acceptors (Lipinski definition) is 4. The number of nitrogens with zero attached hydrogens (tertiary/aromatic N) is 2. The number of hydrogen-bond donors (Lipinski definition) is 0. The molecule has 0 saturated carbocycles. The van der Waals surface area contributed by atoms with Crippen LogP contribution in [0.15, 0.2) is 35.3 Å². The number of carbonyl (C=O) groups excluding carboxylic acids is 1. The largest absolute Gasteiger partial charge is 0.481 e. The summed E-state index contributed by atoms with van der Waals surface area (Å²) in [5.41, 5.74) is 1.26. The van der Waals surface area contributed by atoms with Gasteiger partial charge >= 0.3 is 0 Å². The number of pyridine rings is 1. The highest BCUT2D eigenvalue weighted by Crippen LogP contribution is 2.27. The van der Waals surface area contributed by atoms with Crippen molar-refractivity contribution >= 4 is 22.7 Å². The Kier molecular flexibility index (Phi) is 2.44. The summed E-state index contributed by atoms with van der Waals surface area (Å²) < 4.78 is 5.01. The lowest BCUT2D eigenvalue weighted by molar-refractivity contribution is 0.400. The first-order chi connectivity index (χ1) is 7.35. The van der Waals surface area contributed by atoms with Gasteiger partial charge in [0.1, 0.15) is 0 Å². The minimum Gasteiger partial charge on any atom is -0.481 e. The molecular weight excluding hydrogens is 192 g/mol. The Bertz CT molecular complexity index is 545. The van der Waals surface area contributed by atoms with Crippen molar-refractivity contribution in [2.45, 2.75) is 0 Å². The third kappa shape index (κ3) is 1.71. The summed E-state index contributed by atoms with van der Waals surface area (Å²) in [4.78, 5) is 18.1. The van der Waals surface area contributed by atoms with Gasteiger partial charge in [0.15, 0.2) is 0 Å². The Morgan fingerprint density at radius 2 is 2.20 bits per heavy atom. The van der Waals surface area contributed by atoms with Gasteiger partial charge in [-0.3, -0.25) is 0 Å². The Hall–Kier alpha value is -2.19. The predicted octanol–water partition coefficient (Wildman–Crippen LogP) is 2.21. The second kappa shape index (κ2) is 3.90. The molecule has 0 unspecified atom stereocenters. The Morgan fingerprint density at radius 1 is 1.40 bits per heavy atom. The Morgan fingerprint density at radius 3 is 2.93 bits per heavy atom. The van der Waals surface area contributed by atoms with Crippen LogP contribution in [0.5, 0.6) is 5.88 Å². The summed E-state index contributed by atoms with van der Waals surface area (Å²) in [7, 11) is 1.52. The maximum Gasteiger partial charge on any atom is 0.240 e. The lowest BCUT2D eigenvalue weighted by Gasteiger charge is -2.03. The molecule has 4 heteroatoms. The molecule has 0 fully saturated rings. The predicted molar refractivity (Wildman–Crippen MR) is 56.1 cm³/mol. The molecule has 2 aromatic rings. The van der Waals surface area contributed by atoms with Crippen molar-refractivity contribution in [3.8, 4) is 5.88 Å². The number of isocyanates is 1. The van der Waals surface area contributed by atoms with Crippen molar-refractivity contribution in [3.63, 3.8) is 0 Å². The van der Waals surface area contributed by atoms with Gasteiger partial charge in [0.25, 0.3) is 0 Å². The van der Waals surface area contributed by atoms with Crippen LogP contribution in [0.25, 0.3) is 10.9 Å². The number of ether oxygens (including phenoxy) is 1. The van der Waals surface area contributed by atoms with Crippen molar-refractivity contribution in [2.75, 3.05) is 7.11 Å². The molecule has 0 aliphatic heterocycles. The van der Waals surface area contributed by atoms with Crippen molar-refractivity contribution in [3.05, 3.63) is 30.3 Å². The maximum absolute atomic E-state index is 10.3. The van der Waals surface area contributed by atoms with Gasteiger partial charge in [-0.15, -0.1) is 0 Å². The number of methoxy groups -OCH3 is 1. The molecule has 0 spiro atoms. The molecule has 1 heterocycles. The van der Waals surface area contributed by atoms with Crippen molar-refractivity contribution in [1.82, 2.24) is 4.98 Å². The number of benzene rings is 1. The van der Waals surface area contributed by atoms with Crippen LogP contribution in [0.4, 0.5) is 5.69 Å². The molecule has 4 nitrogen and oxygen atoms in total.